The van der Waals surface area contributed by atoms with Crippen LogP contribution in [0.1, 0.15) is 17.2 Å². The van der Waals surface area contributed by atoms with Crippen LogP contribution in [-0.4, -0.2) is 58.8 Å². The summed E-state index contributed by atoms with van der Waals surface area (Å²) in [6.45, 7) is 0.741. The van der Waals surface area contributed by atoms with Crippen molar-refractivity contribution in [1.29, 1.82) is 0 Å². The quantitative estimate of drug-likeness (QED) is 0.488. The first-order valence-corrected chi connectivity index (χ1v) is 11.2. The van der Waals surface area contributed by atoms with Gasteiger partial charge in [0.2, 0.25) is 15.9 Å². The monoisotopic (exact) mass is 458 g/mol. The van der Waals surface area contributed by atoms with Gasteiger partial charge in [0.15, 0.2) is 11.5 Å². The molecule has 0 spiro atoms. The summed E-state index contributed by atoms with van der Waals surface area (Å²) in [5.74, 6) is -0.180. The van der Waals surface area contributed by atoms with Crippen molar-refractivity contribution in [2.24, 2.45) is 0 Å². The molecule has 4 rings (SSSR count). The second-order valence-electron chi connectivity index (χ2n) is 7.00. The molecule has 1 aliphatic heterocycles. The number of nitrogens with one attached hydrogen (secondary N) is 2. The molecule has 1 aliphatic rings. The number of benzene rings is 2. The van der Waals surface area contributed by atoms with Crippen LogP contribution in [0.5, 0.6) is 11.5 Å². The number of fused-ring (bicyclic) bond motifs is 2. The number of ether oxygens (including phenoxy) is 3. The van der Waals surface area contributed by atoms with Gasteiger partial charge in [-0.25, -0.2) is 23.1 Å². The van der Waals surface area contributed by atoms with Crippen molar-refractivity contribution < 1.29 is 27.4 Å². The van der Waals surface area contributed by atoms with Crippen LogP contribution in [-0.2, 0) is 19.6 Å². The maximum Gasteiger partial charge on any atom is 0.240 e. The lowest BCUT2D eigenvalue weighted by molar-refractivity contribution is -0.116. The number of amides is 1. The fourth-order valence-corrected chi connectivity index (χ4v) is 4.38. The molecule has 3 aromatic rings. The molecule has 0 bridgehead atoms. The molecule has 10 nitrogen and oxygen atoms in total. The van der Waals surface area contributed by atoms with E-state index in [9.17, 15) is 13.2 Å². The van der Waals surface area contributed by atoms with Crippen LogP contribution in [0.15, 0.2) is 41.6 Å². The number of sulfonamides is 1. The molecule has 0 saturated heterocycles. The van der Waals surface area contributed by atoms with Gasteiger partial charge in [0.05, 0.1) is 29.8 Å². The van der Waals surface area contributed by atoms with E-state index < -0.39 is 15.9 Å². The third-order valence-electron chi connectivity index (χ3n) is 5.20. The lowest BCUT2D eigenvalue weighted by atomic mass is 9.94. The molecule has 0 aliphatic carbocycles. The van der Waals surface area contributed by atoms with E-state index in [2.05, 4.69) is 20.0 Å². The maximum atomic E-state index is 12.9. The number of methoxy groups -OCH3 is 2. The van der Waals surface area contributed by atoms with Gasteiger partial charge in [0.25, 0.3) is 0 Å². The number of anilines is 1. The summed E-state index contributed by atoms with van der Waals surface area (Å²) < 4.78 is 43.1. The van der Waals surface area contributed by atoms with Gasteiger partial charge in [-0.05, 0) is 36.9 Å². The van der Waals surface area contributed by atoms with Crippen LogP contribution < -0.4 is 19.5 Å². The number of hydrogen-bond donors (Lipinski definition) is 2. The molecule has 11 heteroatoms. The van der Waals surface area contributed by atoms with E-state index in [-0.39, 0.29) is 10.8 Å². The first kappa shape index (κ1) is 21.9. The summed E-state index contributed by atoms with van der Waals surface area (Å²) in [7, 11) is 0.748. The number of rotatable bonds is 8. The van der Waals surface area contributed by atoms with Crippen molar-refractivity contribution in [2.75, 3.05) is 39.8 Å². The second-order valence-corrected chi connectivity index (χ2v) is 8.89. The van der Waals surface area contributed by atoms with E-state index in [1.807, 2.05) is 0 Å². The highest BCUT2D eigenvalue weighted by Gasteiger charge is 2.35. The summed E-state index contributed by atoms with van der Waals surface area (Å²) in [5.41, 5.74) is 2.05. The molecule has 0 fully saturated rings. The van der Waals surface area contributed by atoms with Crippen LogP contribution >= 0.6 is 0 Å². The third-order valence-corrected chi connectivity index (χ3v) is 6.62. The molecule has 32 heavy (non-hydrogen) atoms. The van der Waals surface area contributed by atoms with Gasteiger partial charge < -0.3 is 19.5 Å². The zero-order valence-corrected chi connectivity index (χ0v) is 18.5. The summed E-state index contributed by atoms with van der Waals surface area (Å²) in [5, 5.41) is 3.39. The third kappa shape index (κ3) is 3.85. The average molecular weight is 458 g/mol. The molecule has 2 aromatic carbocycles. The smallest absolute Gasteiger partial charge is 0.240 e. The zero-order valence-electron chi connectivity index (χ0n) is 17.7. The first-order valence-electron chi connectivity index (χ1n) is 9.72. The Morgan fingerprint density at radius 1 is 1.09 bits per heavy atom. The van der Waals surface area contributed by atoms with Crippen LogP contribution in [0.4, 0.5) is 5.69 Å². The Hall–Kier alpha value is -3.28. The van der Waals surface area contributed by atoms with Gasteiger partial charge in [-0.1, -0.05) is 0 Å². The normalized spacial score (nSPS) is 15.5. The lowest BCUT2D eigenvalue weighted by Gasteiger charge is -2.15. The molecular weight excluding hydrogens is 436 g/mol. The Morgan fingerprint density at radius 3 is 2.62 bits per heavy atom. The first-order chi connectivity index (χ1) is 15.4. The molecule has 2 N–H and O–H groups in total. The van der Waals surface area contributed by atoms with Crippen molar-refractivity contribution in [1.82, 2.24) is 14.7 Å². The van der Waals surface area contributed by atoms with Crippen molar-refractivity contribution >= 4 is 32.5 Å². The number of aromatic nitrogens is 2. The van der Waals surface area contributed by atoms with Crippen molar-refractivity contribution in [2.45, 2.75) is 10.8 Å². The van der Waals surface area contributed by atoms with Gasteiger partial charge in [-0.3, -0.25) is 4.79 Å². The number of hydrogen-bond acceptors (Lipinski definition) is 8. The molecule has 1 unspecified atom stereocenters. The Morgan fingerprint density at radius 2 is 1.91 bits per heavy atom. The van der Waals surface area contributed by atoms with Crippen LogP contribution in [0, 0.1) is 0 Å². The van der Waals surface area contributed by atoms with Crippen molar-refractivity contribution in [3.8, 4) is 11.5 Å². The van der Waals surface area contributed by atoms with Gasteiger partial charge >= 0.3 is 0 Å². The van der Waals surface area contributed by atoms with Crippen molar-refractivity contribution in [3.63, 3.8) is 0 Å². The van der Waals surface area contributed by atoms with Gasteiger partial charge in [-0.15, -0.1) is 0 Å². The maximum absolute atomic E-state index is 12.9. The Balaban J connectivity index is 1.84. The Bertz CT molecular complexity index is 1290. The molecular formula is C21H22N4O6S. The highest BCUT2D eigenvalue weighted by atomic mass is 32.2. The molecule has 1 atom stereocenters. The lowest BCUT2D eigenvalue weighted by Crippen LogP contribution is -2.19. The number of carbonyl (C=O) groups is 1. The largest absolute Gasteiger partial charge is 0.493 e. The fraction of sp³-hybridized carbons (Fsp3) is 0.286. The minimum Gasteiger partial charge on any atom is -0.493 e. The van der Waals surface area contributed by atoms with E-state index in [1.165, 1.54) is 32.6 Å². The minimum atomic E-state index is -3.68. The highest BCUT2D eigenvalue weighted by Crippen LogP contribution is 2.41. The molecule has 0 radical (unpaired) electrons. The zero-order chi connectivity index (χ0) is 22.9. The van der Waals surface area contributed by atoms with Gasteiger partial charge in [-0.2, -0.15) is 0 Å². The Labute approximate surface area is 185 Å². The predicted molar refractivity (Wildman–Crippen MR) is 117 cm³/mol. The predicted octanol–water partition coefficient (Wildman–Crippen LogP) is 1.66. The summed E-state index contributed by atoms with van der Waals surface area (Å²) in [6.07, 6.45) is 1.36. The molecule has 1 aromatic heterocycles. The van der Waals surface area contributed by atoms with E-state index in [0.717, 1.165) is 0 Å². The molecule has 0 saturated carbocycles. The van der Waals surface area contributed by atoms with Crippen LogP contribution in [0.25, 0.3) is 10.9 Å². The number of nitrogens with zero attached hydrogens (tertiary/aromatic N) is 2. The fourth-order valence-electron chi connectivity index (χ4n) is 3.62. The topological polar surface area (TPSA) is 129 Å². The standard InChI is InChI=1S/C21H22N4O6S/c1-22-32(27,28)12-4-5-15-13(8-12)19(21(26)25-15)20-14-9-17(30-3)18(31-7-6-29-2)10-16(14)23-11-24-20/h4-5,8-11,19,22H,6-7H2,1-3H3,(H,25,26). The number of carbonyl (C=O) groups excluding carboxylic acids is 1. The average Bonchev–Trinajstić information content (AvgIpc) is 3.13. The molecule has 2 heterocycles. The van der Waals surface area contributed by atoms with Gasteiger partial charge in [0.1, 0.15) is 18.9 Å². The SMILES string of the molecule is CNS(=O)(=O)c1ccc2c(c1)C(c1ncnc3cc(OCCOC)c(OC)cc13)C(=O)N2. The summed E-state index contributed by atoms with van der Waals surface area (Å²) in [4.78, 5) is 21.6. The van der Waals surface area contributed by atoms with Crippen LogP contribution in [0.2, 0.25) is 0 Å². The summed E-state index contributed by atoms with van der Waals surface area (Å²) in [6, 6.07) is 7.93. The molecule has 168 valence electrons. The van der Waals surface area contributed by atoms with Crippen LogP contribution in [0.3, 0.4) is 0 Å². The molecule has 1 amide bonds. The van der Waals surface area contributed by atoms with E-state index in [1.54, 1.807) is 25.3 Å². The van der Waals surface area contributed by atoms with Gasteiger partial charge in [0, 0.05) is 24.2 Å². The highest BCUT2D eigenvalue weighted by molar-refractivity contribution is 7.89. The van der Waals surface area contributed by atoms with E-state index in [0.29, 0.717) is 52.6 Å². The summed E-state index contributed by atoms with van der Waals surface area (Å²) >= 11 is 0. The van der Waals surface area contributed by atoms with Crippen molar-refractivity contribution in [3.05, 3.63) is 47.9 Å². The van der Waals surface area contributed by atoms with E-state index in [4.69, 9.17) is 14.2 Å². The minimum absolute atomic E-state index is 0.0602. The Kier molecular flexibility index (Phi) is 5.96. The van der Waals surface area contributed by atoms with E-state index >= 15 is 0 Å². The second kappa shape index (κ2) is 8.69.